The van der Waals surface area contributed by atoms with E-state index in [-0.39, 0.29) is 6.04 Å². The summed E-state index contributed by atoms with van der Waals surface area (Å²) in [6, 6.07) is 6.14. The van der Waals surface area contributed by atoms with Gasteiger partial charge in [0.25, 0.3) is 0 Å². The molecule has 0 bridgehead atoms. The molecule has 15 heavy (non-hydrogen) atoms. The summed E-state index contributed by atoms with van der Waals surface area (Å²) in [6.45, 7) is 4.00. The van der Waals surface area contributed by atoms with Gasteiger partial charge in [-0.1, -0.05) is 23.7 Å². The Kier molecular flexibility index (Phi) is 2.49. The molecule has 2 aromatic rings. The topological polar surface area (TPSA) is 30.9 Å². The summed E-state index contributed by atoms with van der Waals surface area (Å²) >= 11 is 6.32. The van der Waals surface area contributed by atoms with E-state index in [9.17, 15) is 0 Å². The third-order valence-electron chi connectivity index (χ3n) is 2.97. The van der Waals surface area contributed by atoms with E-state index in [0.717, 1.165) is 27.2 Å². The minimum Gasteiger partial charge on any atom is -0.346 e. The van der Waals surface area contributed by atoms with E-state index >= 15 is 0 Å². The average Bonchev–Trinajstić information content (AvgIpc) is 2.44. The lowest BCUT2D eigenvalue weighted by Crippen LogP contribution is -2.05. The number of benzene rings is 1. The van der Waals surface area contributed by atoms with Crippen LogP contribution in [-0.4, -0.2) is 4.57 Å². The largest absolute Gasteiger partial charge is 0.346 e. The summed E-state index contributed by atoms with van der Waals surface area (Å²) in [7, 11) is 2.02. The van der Waals surface area contributed by atoms with Crippen LogP contribution in [0.1, 0.15) is 24.2 Å². The zero-order valence-electron chi connectivity index (χ0n) is 9.21. The van der Waals surface area contributed by atoms with E-state index in [1.807, 2.05) is 33.0 Å². The second-order valence-corrected chi connectivity index (χ2v) is 4.37. The molecular weight excluding hydrogens is 208 g/mol. The lowest BCUT2D eigenvalue weighted by molar-refractivity contribution is 0.826. The Hall–Kier alpha value is -0.990. The lowest BCUT2D eigenvalue weighted by Gasteiger charge is -2.07. The van der Waals surface area contributed by atoms with Gasteiger partial charge in [-0.2, -0.15) is 0 Å². The summed E-state index contributed by atoms with van der Waals surface area (Å²) < 4.78 is 2.10. The normalized spacial score (nSPS) is 13.4. The SMILES string of the molecule is Cc1c(Cl)c2c(C(C)N)cccc2n1C. The number of nitrogens with zero attached hydrogens (tertiary/aromatic N) is 1. The lowest BCUT2D eigenvalue weighted by atomic mass is 10.0. The maximum Gasteiger partial charge on any atom is 0.0694 e. The average molecular weight is 223 g/mol. The maximum atomic E-state index is 6.32. The number of halogens is 1. The number of aryl methyl sites for hydroxylation is 1. The molecule has 80 valence electrons. The minimum absolute atomic E-state index is 0.00741. The van der Waals surface area contributed by atoms with Crippen molar-refractivity contribution in [2.75, 3.05) is 0 Å². The highest BCUT2D eigenvalue weighted by atomic mass is 35.5. The Balaban J connectivity index is 2.92. The van der Waals surface area contributed by atoms with Crippen LogP contribution in [0.5, 0.6) is 0 Å². The van der Waals surface area contributed by atoms with Crippen LogP contribution in [0.15, 0.2) is 18.2 Å². The Labute approximate surface area is 94.6 Å². The molecule has 1 aromatic carbocycles. The van der Waals surface area contributed by atoms with Crippen molar-refractivity contribution < 1.29 is 0 Å². The van der Waals surface area contributed by atoms with Crippen molar-refractivity contribution in [2.45, 2.75) is 19.9 Å². The molecule has 1 aromatic heterocycles. The highest BCUT2D eigenvalue weighted by Gasteiger charge is 2.14. The monoisotopic (exact) mass is 222 g/mol. The van der Waals surface area contributed by atoms with Gasteiger partial charge in [0.15, 0.2) is 0 Å². The van der Waals surface area contributed by atoms with Crippen molar-refractivity contribution in [2.24, 2.45) is 12.8 Å². The highest BCUT2D eigenvalue weighted by Crippen LogP contribution is 2.33. The van der Waals surface area contributed by atoms with Gasteiger partial charge in [0, 0.05) is 29.7 Å². The van der Waals surface area contributed by atoms with Crippen LogP contribution in [0.25, 0.3) is 10.9 Å². The van der Waals surface area contributed by atoms with Crippen LogP contribution in [0.2, 0.25) is 5.02 Å². The third kappa shape index (κ3) is 1.45. The summed E-state index contributed by atoms with van der Waals surface area (Å²) in [6.07, 6.45) is 0. The second kappa shape index (κ2) is 3.54. The van der Waals surface area contributed by atoms with E-state index in [2.05, 4.69) is 10.6 Å². The molecule has 2 rings (SSSR count). The number of nitrogens with two attached hydrogens (primary N) is 1. The van der Waals surface area contributed by atoms with Crippen molar-refractivity contribution in [1.29, 1.82) is 0 Å². The third-order valence-corrected chi connectivity index (χ3v) is 3.43. The summed E-state index contributed by atoms with van der Waals surface area (Å²) in [4.78, 5) is 0. The molecule has 0 saturated carbocycles. The molecule has 3 heteroatoms. The van der Waals surface area contributed by atoms with Crippen LogP contribution >= 0.6 is 11.6 Å². The van der Waals surface area contributed by atoms with Crippen molar-refractivity contribution in [3.8, 4) is 0 Å². The molecular formula is C12H15ClN2. The molecule has 0 aliphatic heterocycles. The Bertz CT molecular complexity index is 512. The van der Waals surface area contributed by atoms with Gasteiger partial charge in [-0.3, -0.25) is 0 Å². The number of hydrogen-bond acceptors (Lipinski definition) is 1. The number of hydrogen-bond donors (Lipinski definition) is 1. The zero-order chi connectivity index (χ0) is 11.2. The first-order valence-corrected chi connectivity index (χ1v) is 5.40. The molecule has 0 saturated heterocycles. The van der Waals surface area contributed by atoms with E-state index in [0.29, 0.717) is 0 Å². The van der Waals surface area contributed by atoms with Gasteiger partial charge in [-0.15, -0.1) is 0 Å². The van der Waals surface area contributed by atoms with Crippen LogP contribution < -0.4 is 5.73 Å². The van der Waals surface area contributed by atoms with Crippen molar-refractivity contribution in [3.05, 3.63) is 34.5 Å². The quantitative estimate of drug-likeness (QED) is 0.790. The fourth-order valence-corrected chi connectivity index (χ4v) is 2.30. The Morgan fingerprint density at radius 3 is 2.67 bits per heavy atom. The van der Waals surface area contributed by atoms with Gasteiger partial charge in [0.2, 0.25) is 0 Å². The van der Waals surface area contributed by atoms with Gasteiger partial charge < -0.3 is 10.3 Å². The molecule has 1 unspecified atom stereocenters. The fraction of sp³-hybridized carbons (Fsp3) is 0.333. The molecule has 2 N–H and O–H groups in total. The molecule has 1 atom stereocenters. The van der Waals surface area contributed by atoms with Gasteiger partial charge in [-0.25, -0.2) is 0 Å². The van der Waals surface area contributed by atoms with Gasteiger partial charge in [-0.05, 0) is 25.5 Å². The van der Waals surface area contributed by atoms with Crippen LogP contribution in [0.3, 0.4) is 0 Å². The predicted molar refractivity (Wildman–Crippen MR) is 65.3 cm³/mol. The smallest absolute Gasteiger partial charge is 0.0694 e. The first kappa shape index (κ1) is 10.5. The van der Waals surface area contributed by atoms with Crippen molar-refractivity contribution >= 4 is 22.5 Å². The molecule has 0 fully saturated rings. The van der Waals surface area contributed by atoms with Gasteiger partial charge in [0.05, 0.1) is 5.02 Å². The maximum absolute atomic E-state index is 6.32. The van der Waals surface area contributed by atoms with Gasteiger partial charge >= 0.3 is 0 Å². The first-order chi connectivity index (χ1) is 7.04. The molecule has 0 radical (unpaired) electrons. The molecule has 0 amide bonds. The number of aromatic nitrogens is 1. The number of rotatable bonds is 1. The molecule has 2 nitrogen and oxygen atoms in total. The van der Waals surface area contributed by atoms with E-state index in [1.54, 1.807) is 0 Å². The summed E-state index contributed by atoms with van der Waals surface area (Å²) in [5.74, 6) is 0. The molecule has 1 heterocycles. The molecule has 0 spiro atoms. The minimum atomic E-state index is 0.00741. The van der Waals surface area contributed by atoms with Crippen molar-refractivity contribution in [1.82, 2.24) is 4.57 Å². The fourth-order valence-electron chi connectivity index (χ4n) is 1.96. The van der Waals surface area contributed by atoms with Crippen LogP contribution in [0.4, 0.5) is 0 Å². The first-order valence-electron chi connectivity index (χ1n) is 5.03. The summed E-state index contributed by atoms with van der Waals surface area (Å²) in [5, 5.41) is 1.91. The van der Waals surface area contributed by atoms with E-state index in [4.69, 9.17) is 17.3 Å². The van der Waals surface area contributed by atoms with Crippen LogP contribution in [0, 0.1) is 6.92 Å². The Morgan fingerprint density at radius 2 is 2.07 bits per heavy atom. The number of fused-ring (bicyclic) bond motifs is 1. The second-order valence-electron chi connectivity index (χ2n) is 3.99. The molecule has 0 aliphatic carbocycles. The van der Waals surface area contributed by atoms with Gasteiger partial charge in [0.1, 0.15) is 0 Å². The van der Waals surface area contributed by atoms with Crippen molar-refractivity contribution in [3.63, 3.8) is 0 Å². The summed E-state index contributed by atoms with van der Waals surface area (Å²) in [5.41, 5.74) is 9.28. The predicted octanol–water partition coefficient (Wildman–Crippen LogP) is 3.16. The van der Waals surface area contributed by atoms with Crippen LogP contribution in [-0.2, 0) is 7.05 Å². The Morgan fingerprint density at radius 1 is 1.40 bits per heavy atom. The highest BCUT2D eigenvalue weighted by molar-refractivity contribution is 6.36. The molecule has 0 aliphatic rings. The van der Waals surface area contributed by atoms with E-state index < -0.39 is 0 Å². The zero-order valence-corrected chi connectivity index (χ0v) is 9.97. The standard InChI is InChI=1S/C12H15ClN2/c1-7(14)9-5-4-6-10-11(9)12(13)8(2)15(10)3/h4-7H,14H2,1-3H3. The van der Waals surface area contributed by atoms with E-state index in [1.165, 1.54) is 0 Å².